The van der Waals surface area contributed by atoms with Crippen LogP contribution in [0.5, 0.6) is 0 Å². The van der Waals surface area contributed by atoms with Gasteiger partial charge >= 0.3 is 0 Å². The largest absolute Gasteiger partial charge is 0.312 e. The molecule has 0 radical (unpaired) electrons. The molecule has 13 heavy (non-hydrogen) atoms. The summed E-state index contributed by atoms with van der Waals surface area (Å²) in [4.78, 5) is 11.0. The lowest BCUT2D eigenvalue weighted by atomic mass is 10.2. The van der Waals surface area contributed by atoms with Crippen LogP contribution in [0.15, 0.2) is 6.20 Å². The molecule has 7 nitrogen and oxygen atoms in total. The SMILES string of the molecule is NNC(=O)c1cn(C2CNC2)nn1. The number of carbonyl (C=O) groups excluding carboxylic acids is 1. The van der Waals surface area contributed by atoms with E-state index in [0.29, 0.717) is 6.04 Å². The van der Waals surface area contributed by atoms with Gasteiger partial charge in [-0.05, 0) is 0 Å². The number of rotatable bonds is 2. The first-order valence-corrected chi connectivity index (χ1v) is 3.95. The zero-order valence-electron chi connectivity index (χ0n) is 6.90. The fraction of sp³-hybridized carbons (Fsp3) is 0.500. The van der Waals surface area contributed by atoms with E-state index in [2.05, 4.69) is 15.6 Å². The average Bonchev–Trinajstić information content (AvgIpc) is 2.49. The Morgan fingerprint density at radius 2 is 2.54 bits per heavy atom. The minimum Gasteiger partial charge on any atom is -0.312 e. The van der Waals surface area contributed by atoms with Crippen LogP contribution < -0.4 is 16.6 Å². The van der Waals surface area contributed by atoms with Gasteiger partial charge in [0.25, 0.3) is 5.91 Å². The van der Waals surface area contributed by atoms with E-state index in [1.807, 2.05) is 5.43 Å². The number of hydrogen-bond donors (Lipinski definition) is 3. The molecule has 1 saturated heterocycles. The van der Waals surface area contributed by atoms with E-state index in [4.69, 9.17) is 5.84 Å². The molecule has 0 spiro atoms. The van der Waals surface area contributed by atoms with Crippen molar-refractivity contribution in [3.8, 4) is 0 Å². The molecule has 1 aromatic heterocycles. The van der Waals surface area contributed by atoms with Crippen LogP contribution in [0.4, 0.5) is 0 Å². The number of carbonyl (C=O) groups is 1. The number of nitrogens with one attached hydrogen (secondary N) is 2. The summed E-state index contributed by atoms with van der Waals surface area (Å²) in [6.45, 7) is 1.74. The molecule has 70 valence electrons. The molecule has 1 aliphatic heterocycles. The molecule has 1 aliphatic rings. The van der Waals surface area contributed by atoms with Crippen LogP contribution >= 0.6 is 0 Å². The molecule has 0 aromatic carbocycles. The quantitative estimate of drug-likeness (QED) is 0.280. The van der Waals surface area contributed by atoms with Gasteiger partial charge in [0, 0.05) is 13.1 Å². The maximum atomic E-state index is 11.0. The van der Waals surface area contributed by atoms with Crippen molar-refractivity contribution in [1.82, 2.24) is 25.7 Å². The smallest absolute Gasteiger partial charge is 0.287 e. The molecule has 0 atom stereocenters. The highest BCUT2D eigenvalue weighted by molar-refractivity contribution is 5.91. The van der Waals surface area contributed by atoms with E-state index < -0.39 is 5.91 Å². The summed E-state index contributed by atoms with van der Waals surface area (Å²) >= 11 is 0. The lowest BCUT2D eigenvalue weighted by Gasteiger charge is -2.26. The fourth-order valence-corrected chi connectivity index (χ4v) is 1.09. The van der Waals surface area contributed by atoms with Gasteiger partial charge in [0.15, 0.2) is 5.69 Å². The van der Waals surface area contributed by atoms with Crippen molar-refractivity contribution in [2.24, 2.45) is 5.84 Å². The second-order valence-electron chi connectivity index (χ2n) is 2.87. The highest BCUT2D eigenvalue weighted by Gasteiger charge is 2.21. The molecule has 4 N–H and O–H groups in total. The normalized spacial score (nSPS) is 16.7. The Morgan fingerprint density at radius 3 is 3.08 bits per heavy atom. The molecule has 1 fully saturated rings. The van der Waals surface area contributed by atoms with Gasteiger partial charge in [-0.3, -0.25) is 10.2 Å². The van der Waals surface area contributed by atoms with Gasteiger partial charge in [0.2, 0.25) is 0 Å². The minimum atomic E-state index is -0.418. The highest BCUT2D eigenvalue weighted by atomic mass is 16.2. The Bertz CT molecular complexity index is 317. The minimum absolute atomic E-state index is 0.245. The number of amides is 1. The molecule has 7 heteroatoms. The monoisotopic (exact) mass is 182 g/mol. The molecule has 2 heterocycles. The van der Waals surface area contributed by atoms with Crippen LogP contribution in [0.2, 0.25) is 0 Å². The number of aromatic nitrogens is 3. The highest BCUT2D eigenvalue weighted by Crippen LogP contribution is 2.09. The second-order valence-corrected chi connectivity index (χ2v) is 2.87. The first-order valence-electron chi connectivity index (χ1n) is 3.95. The Kier molecular flexibility index (Phi) is 1.95. The summed E-state index contributed by atoms with van der Waals surface area (Å²) in [6.07, 6.45) is 1.59. The van der Waals surface area contributed by atoms with Gasteiger partial charge in [-0.2, -0.15) is 0 Å². The lowest BCUT2D eigenvalue weighted by Crippen LogP contribution is -2.43. The van der Waals surface area contributed by atoms with Gasteiger partial charge in [-0.1, -0.05) is 5.21 Å². The fourth-order valence-electron chi connectivity index (χ4n) is 1.09. The molecule has 0 saturated carbocycles. The van der Waals surface area contributed by atoms with Crippen LogP contribution in [0.3, 0.4) is 0 Å². The van der Waals surface area contributed by atoms with Crippen LogP contribution in [-0.2, 0) is 0 Å². The summed E-state index contributed by atoms with van der Waals surface area (Å²) in [5, 5.41) is 10.6. The Morgan fingerprint density at radius 1 is 1.77 bits per heavy atom. The van der Waals surface area contributed by atoms with Crippen molar-refractivity contribution in [2.75, 3.05) is 13.1 Å². The first kappa shape index (κ1) is 8.14. The van der Waals surface area contributed by atoms with Gasteiger partial charge < -0.3 is 5.32 Å². The van der Waals surface area contributed by atoms with Crippen LogP contribution in [-0.4, -0.2) is 34.0 Å². The van der Waals surface area contributed by atoms with E-state index in [1.165, 1.54) is 0 Å². The summed E-state index contributed by atoms with van der Waals surface area (Å²) in [5.74, 6) is 4.53. The van der Waals surface area contributed by atoms with E-state index >= 15 is 0 Å². The Hall–Kier alpha value is -1.47. The third-order valence-corrected chi connectivity index (χ3v) is 2.01. The number of hydrogen-bond acceptors (Lipinski definition) is 5. The summed E-state index contributed by atoms with van der Waals surface area (Å²) in [5.41, 5.74) is 2.24. The zero-order valence-corrected chi connectivity index (χ0v) is 6.90. The van der Waals surface area contributed by atoms with Gasteiger partial charge in [0.1, 0.15) is 0 Å². The predicted octanol–water partition coefficient (Wildman–Crippen LogP) is -1.97. The van der Waals surface area contributed by atoms with Gasteiger partial charge in [-0.25, -0.2) is 10.5 Å². The van der Waals surface area contributed by atoms with Crippen molar-refractivity contribution in [3.63, 3.8) is 0 Å². The molecule has 1 amide bonds. The van der Waals surface area contributed by atoms with Crippen LogP contribution in [0.25, 0.3) is 0 Å². The third-order valence-electron chi connectivity index (χ3n) is 2.01. The standard InChI is InChI=1S/C6H10N6O/c7-9-6(13)5-3-12(11-10-5)4-1-8-2-4/h3-4,8H,1-2,7H2,(H,9,13). The summed E-state index contributed by atoms with van der Waals surface area (Å²) in [7, 11) is 0. The van der Waals surface area contributed by atoms with Gasteiger partial charge in [-0.15, -0.1) is 5.10 Å². The van der Waals surface area contributed by atoms with Crippen molar-refractivity contribution in [2.45, 2.75) is 6.04 Å². The number of nitrogen functional groups attached to an aromatic ring is 1. The third kappa shape index (κ3) is 1.38. The molecular weight excluding hydrogens is 172 g/mol. The summed E-state index contributed by atoms with van der Waals surface area (Å²) < 4.78 is 1.67. The molecule has 0 unspecified atom stereocenters. The van der Waals surface area contributed by atoms with E-state index in [1.54, 1.807) is 10.9 Å². The molecule has 2 rings (SSSR count). The predicted molar refractivity (Wildman–Crippen MR) is 43.6 cm³/mol. The maximum absolute atomic E-state index is 11.0. The average molecular weight is 182 g/mol. The van der Waals surface area contributed by atoms with Gasteiger partial charge in [0.05, 0.1) is 12.2 Å². The topological polar surface area (TPSA) is 97.9 Å². The maximum Gasteiger partial charge on any atom is 0.287 e. The van der Waals surface area contributed by atoms with Crippen molar-refractivity contribution in [1.29, 1.82) is 0 Å². The van der Waals surface area contributed by atoms with Crippen LogP contribution in [0, 0.1) is 0 Å². The van der Waals surface area contributed by atoms with E-state index in [-0.39, 0.29) is 5.69 Å². The number of hydrazine groups is 1. The van der Waals surface area contributed by atoms with E-state index in [0.717, 1.165) is 13.1 Å². The number of nitrogens with zero attached hydrogens (tertiary/aromatic N) is 3. The van der Waals surface area contributed by atoms with Crippen molar-refractivity contribution in [3.05, 3.63) is 11.9 Å². The first-order chi connectivity index (χ1) is 6.31. The molecule has 0 bridgehead atoms. The molecule has 1 aromatic rings. The number of nitrogens with two attached hydrogens (primary N) is 1. The van der Waals surface area contributed by atoms with Crippen molar-refractivity contribution < 1.29 is 4.79 Å². The van der Waals surface area contributed by atoms with E-state index in [9.17, 15) is 4.79 Å². The molecular formula is C6H10N6O. The van der Waals surface area contributed by atoms with Crippen LogP contribution in [0.1, 0.15) is 16.5 Å². The lowest BCUT2D eigenvalue weighted by molar-refractivity contribution is 0.0948. The molecule has 0 aliphatic carbocycles. The zero-order chi connectivity index (χ0) is 9.26. The summed E-state index contributed by atoms with van der Waals surface area (Å²) in [6, 6.07) is 0.312. The Balaban J connectivity index is 2.12. The van der Waals surface area contributed by atoms with Crippen molar-refractivity contribution >= 4 is 5.91 Å². The Labute approximate surface area is 74.3 Å². The second kappa shape index (κ2) is 3.11.